The van der Waals surface area contributed by atoms with Crippen molar-refractivity contribution in [3.8, 4) is 0 Å². The van der Waals surface area contributed by atoms with Gasteiger partial charge in [0.2, 0.25) is 0 Å². The summed E-state index contributed by atoms with van der Waals surface area (Å²) >= 11 is 0. The minimum absolute atomic E-state index is 0.0694. The van der Waals surface area contributed by atoms with E-state index in [1.807, 2.05) is 60.7 Å². The van der Waals surface area contributed by atoms with E-state index < -0.39 is 30.0 Å². The van der Waals surface area contributed by atoms with Gasteiger partial charge in [0.25, 0.3) is 0 Å². The monoisotopic (exact) mass is 419 g/mol. The summed E-state index contributed by atoms with van der Waals surface area (Å²) in [5, 5.41) is 24.9. The van der Waals surface area contributed by atoms with Crippen molar-refractivity contribution in [3.05, 3.63) is 71.8 Å². The van der Waals surface area contributed by atoms with Gasteiger partial charge in [0, 0.05) is 6.54 Å². The summed E-state index contributed by atoms with van der Waals surface area (Å²) in [5.74, 6) is -2.75. The Hall–Kier alpha value is -3.27. The molecule has 2 unspecified atom stereocenters. The van der Waals surface area contributed by atoms with Gasteiger partial charge >= 0.3 is 17.9 Å². The molecule has 0 aliphatic carbocycles. The number of nitrogens with two attached hydrogens (primary N) is 3. The molecule has 30 heavy (non-hydrogen) atoms. The van der Waals surface area contributed by atoms with Gasteiger partial charge in [0.05, 0.1) is 6.42 Å². The molecule has 0 saturated heterocycles. The third-order valence-corrected chi connectivity index (χ3v) is 3.59. The lowest BCUT2D eigenvalue weighted by molar-refractivity contribution is -0.139. The lowest BCUT2D eigenvalue weighted by Crippen LogP contribution is -2.32. The zero-order chi connectivity index (χ0) is 22.9. The normalized spacial score (nSPS) is 11.6. The van der Waals surface area contributed by atoms with E-state index in [2.05, 4.69) is 0 Å². The number of carboxylic acid groups (broad SMARTS) is 3. The van der Waals surface area contributed by atoms with Gasteiger partial charge in [0.1, 0.15) is 12.1 Å². The van der Waals surface area contributed by atoms with Crippen molar-refractivity contribution in [2.75, 3.05) is 6.54 Å². The molecule has 164 valence electrons. The number of hydrogen-bond donors (Lipinski definition) is 6. The van der Waals surface area contributed by atoms with Gasteiger partial charge in [-0.1, -0.05) is 60.7 Å². The van der Waals surface area contributed by atoms with Crippen LogP contribution in [0.5, 0.6) is 0 Å². The quantitative estimate of drug-likeness (QED) is 0.357. The Morgan fingerprint density at radius 3 is 1.23 bits per heavy atom. The molecular formula is C21H29N3O6. The Morgan fingerprint density at radius 2 is 1.03 bits per heavy atom. The molecule has 0 saturated carbocycles. The number of benzene rings is 2. The molecule has 0 amide bonds. The van der Waals surface area contributed by atoms with Gasteiger partial charge < -0.3 is 32.5 Å². The van der Waals surface area contributed by atoms with E-state index in [1.54, 1.807) is 0 Å². The fourth-order valence-corrected chi connectivity index (χ4v) is 2.03. The highest BCUT2D eigenvalue weighted by atomic mass is 16.4. The Morgan fingerprint density at radius 1 is 0.700 bits per heavy atom. The minimum Gasteiger partial charge on any atom is -0.481 e. The van der Waals surface area contributed by atoms with Crippen LogP contribution in [0, 0.1) is 0 Å². The fraction of sp³-hybridized carbons (Fsp3) is 0.286. The molecular weight excluding hydrogens is 390 g/mol. The van der Waals surface area contributed by atoms with Crippen LogP contribution in [0.1, 0.15) is 17.5 Å². The van der Waals surface area contributed by atoms with Crippen molar-refractivity contribution in [1.29, 1.82) is 0 Å². The lowest BCUT2D eigenvalue weighted by atomic mass is 10.1. The van der Waals surface area contributed by atoms with E-state index in [9.17, 15) is 14.4 Å². The summed E-state index contributed by atoms with van der Waals surface area (Å²) in [6.45, 7) is 0.231. The van der Waals surface area contributed by atoms with Crippen LogP contribution in [0.25, 0.3) is 0 Å². The van der Waals surface area contributed by atoms with Crippen LogP contribution in [-0.4, -0.2) is 51.9 Å². The summed E-state index contributed by atoms with van der Waals surface area (Å²) in [4.78, 5) is 30.3. The van der Waals surface area contributed by atoms with E-state index >= 15 is 0 Å². The molecule has 0 radical (unpaired) electrons. The van der Waals surface area contributed by atoms with Crippen LogP contribution < -0.4 is 17.2 Å². The second kappa shape index (κ2) is 15.6. The van der Waals surface area contributed by atoms with Crippen molar-refractivity contribution in [3.63, 3.8) is 0 Å². The average Bonchev–Trinajstić information content (AvgIpc) is 2.70. The Labute approximate surface area is 175 Å². The highest BCUT2D eigenvalue weighted by Gasteiger charge is 2.11. The Kier molecular flexibility index (Phi) is 13.9. The molecule has 2 rings (SSSR count). The van der Waals surface area contributed by atoms with E-state index in [1.165, 1.54) is 0 Å². The molecule has 0 aliphatic rings. The maximum Gasteiger partial charge on any atom is 0.320 e. The van der Waals surface area contributed by atoms with Crippen LogP contribution in [-0.2, 0) is 27.2 Å². The zero-order valence-electron chi connectivity index (χ0n) is 16.6. The molecule has 0 bridgehead atoms. The zero-order valence-corrected chi connectivity index (χ0v) is 16.6. The van der Waals surface area contributed by atoms with Gasteiger partial charge in [-0.2, -0.15) is 0 Å². The van der Waals surface area contributed by atoms with Crippen molar-refractivity contribution in [1.82, 2.24) is 0 Å². The number of aliphatic carboxylic acids is 3. The summed E-state index contributed by atoms with van der Waals surface area (Å²) in [5.41, 5.74) is 17.4. The van der Waals surface area contributed by atoms with E-state index in [0.717, 1.165) is 11.1 Å². The van der Waals surface area contributed by atoms with Crippen LogP contribution in [0.15, 0.2) is 60.7 Å². The highest BCUT2D eigenvalue weighted by Crippen LogP contribution is 2.02. The molecule has 9 heteroatoms. The highest BCUT2D eigenvalue weighted by molar-refractivity contribution is 5.73. The first kappa shape index (κ1) is 26.7. The molecule has 9 N–H and O–H groups in total. The third kappa shape index (κ3) is 13.8. The summed E-state index contributed by atoms with van der Waals surface area (Å²) in [6, 6.07) is 17.1. The molecule has 0 spiro atoms. The average molecular weight is 419 g/mol. The van der Waals surface area contributed by atoms with Crippen molar-refractivity contribution in [2.45, 2.75) is 31.3 Å². The topological polar surface area (TPSA) is 190 Å². The molecule has 2 atom stereocenters. The number of rotatable bonds is 8. The maximum absolute atomic E-state index is 10.4. The smallest absolute Gasteiger partial charge is 0.320 e. The summed E-state index contributed by atoms with van der Waals surface area (Å²) in [6.07, 6.45) is 0.840. The molecule has 2 aromatic rings. The molecule has 9 nitrogen and oxygen atoms in total. The number of carbonyl (C=O) groups is 3. The first-order valence-corrected chi connectivity index (χ1v) is 9.13. The first-order valence-electron chi connectivity index (χ1n) is 9.13. The van der Waals surface area contributed by atoms with Gasteiger partial charge in [-0.15, -0.1) is 0 Å². The largest absolute Gasteiger partial charge is 0.481 e. The van der Waals surface area contributed by atoms with Gasteiger partial charge in [-0.25, -0.2) is 0 Å². The minimum atomic E-state index is -0.959. The molecule has 2 aromatic carbocycles. The van der Waals surface area contributed by atoms with Crippen molar-refractivity contribution < 1.29 is 29.7 Å². The molecule has 0 aromatic heterocycles. The molecule has 0 fully saturated rings. The summed E-state index contributed by atoms with van der Waals surface area (Å²) < 4.78 is 0. The maximum atomic E-state index is 10.4. The second-order valence-electron chi connectivity index (χ2n) is 6.20. The summed E-state index contributed by atoms with van der Waals surface area (Å²) in [7, 11) is 0. The van der Waals surface area contributed by atoms with Crippen LogP contribution in [0.2, 0.25) is 0 Å². The SMILES string of the molecule is NC(Cc1ccccc1)C(=O)O.NC(Cc1ccccc1)C(=O)O.NCCC(=O)O. The Balaban J connectivity index is 0.000000447. The van der Waals surface area contributed by atoms with Gasteiger partial charge in [0.15, 0.2) is 0 Å². The van der Waals surface area contributed by atoms with Gasteiger partial charge in [-0.05, 0) is 24.0 Å². The first-order chi connectivity index (χ1) is 14.2. The number of carboxylic acids is 3. The van der Waals surface area contributed by atoms with Crippen molar-refractivity contribution >= 4 is 17.9 Å². The second-order valence-corrected chi connectivity index (χ2v) is 6.20. The van der Waals surface area contributed by atoms with E-state index in [4.69, 9.17) is 32.5 Å². The third-order valence-electron chi connectivity index (χ3n) is 3.59. The Bertz CT molecular complexity index is 698. The van der Waals surface area contributed by atoms with Crippen LogP contribution >= 0.6 is 0 Å². The number of hydrogen-bond acceptors (Lipinski definition) is 6. The van der Waals surface area contributed by atoms with Gasteiger partial charge in [-0.3, -0.25) is 14.4 Å². The van der Waals surface area contributed by atoms with E-state index in [0.29, 0.717) is 12.8 Å². The lowest BCUT2D eigenvalue weighted by Gasteiger charge is -2.04. The fourth-order valence-electron chi connectivity index (χ4n) is 2.03. The molecule has 0 aliphatic heterocycles. The standard InChI is InChI=1S/2C9H11NO2.C3H7NO2/c2*10-8(9(11)12)6-7-4-2-1-3-5-7;4-2-1-3(5)6/h2*1-5,8H,6,10H2,(H,11,12);1-2,4H2,(H,5,6). The van der Waals surface area contributed by atoms with E-state index in [-0.39, 0.29) is 13.0 Å². The van der Waals surface area contributed by atoms with Crippen molar-refractivity contribution in [2.24, 2.45) is 17.2 Å². The van der Waals surface area contributed by atoms with Crippen LogP contribution in [0.3, 0.4) is 0 Å². The predicted molar refractivity (Wildman–Crippen MR) is 113 cm³/mol. The molecule has 0 heterocycles. The van der Waals surface area contributed by atoms with Crippen LogP contribution in [0.4, 0.5) is 0 Å². The predicted octanol–water partition coefficient (Wildman–Crippen LogP) is 0.702.